The van der Waals surface area contributed by atoms with E-state index in [4.69, 9.17) is 5.11 Å². The summed E-state index contributed by atoms with van der Waals surface area (Å²) in [6, 6.07) is 3.08. The van der Waals surface area contributed by atoms with Crippen LogP contribution < -0.4 is 5.32 Å². The molecule has 1 aliphatic carbocycles. The van der Waals surface area contributed by atoms with E-state index in [9.17, 15) is 9.59 Å². The Hall–Kier alpha value is -1.91. The Balaban J connectivity index is 2.03. The quantitative estimate of drug-likeness (QED) is 0.848. The van der Waals surface area contributed by atoms with Gasteiger partial charge in [0.05, 0.1) is 11.5 Å². The predicted octanol–water partition coefficient (Wildman–Crippen LogP) is 1.45. The van der Waals surface area contributed by atoms with E-state index in [0.717, 1.165) is 19.3 Å². The van der Waals surface area contributed by atoms with Gasteiger partial charge in [-0.15, -0.1) is 0 Å². The summed E-state index contributed by atoms with van der Waals surface area (Å²) in [5.74, 6) is -1.55. The average molecular weight is 248 g/mol. The van der Waals surface area contributed by atoms with Crippen molar-refractivity contribution in [2.24, 2.45) is 5.92 Å². The molecule has 2 rings (SSSR count). The van der Waals surface area contributed by atoms with E-state index in [1.54, 1.807) is 18.3 Å². The first-order valence-electron chi connectivity index (χ1n) is 6.12. The summed E-state index contributed by atoms with van der Waals surface area (Å²) >= 11 is 0. The van der Waals surface area contributed by atoms with E-state index in [-0.39, 0.29) is 11.9 Å². The molecule has 0 bridgehead atoms. The summed E-state index contributed by atoms with van der Waals surface area (Å²) < 4.78 is 0. The summed E-state index contributed by atoms with van der Waals surface area (Å²) in [4.78, 5) is 26.9. The minimum Gasteiger partial charge on any atom is -0.481 e. The largest absolute Gasteiger partial charge is 0.481 e. The van der Waals surface area contributed by atoms with Gasteiger partial charge in [-0.05, 0) is 25.0 Å². The third-order valence-corrected chi connectivity index (χ3v) is 3.32. The Labute approximate surface area is 105 Å². The second kappa shape index (κ2) is 5.62. The van der Waals surface area contributed by atoms with Gasteiger partial charge in [0.1, 0.15) is 0 Å². The molecular weight excluding hydrogens is 232 g/mol. The number of rotatable bonds is 3. The molecule has 1 heterocycles. The van der Waals surface area contributed by atoms with Gasteiger partial charge in [-0.25, -0.2) is 0 Å². The van der Waals surface area contributed by atoms with Crippen molar-refractivity contribution in [2.75, 3.05) is 0 Å². The van der Waals surface area contributed by atoms with Gasteiger partial charge in [0.25, 0.3) is 5.91 Å². The van der Waals surface area contributed by atoms with Gasteiger partial charge >= 0.3 is 5.97 Å². The second-order valence-electron chi connectivity index (χ2n) is 4.55. The van der Waals surface area contributed by atoms with Gasteiger partial charge in [0.2, 0.25) is 0 Å². The molecule has 0 spiro atoms. The highest BCUT2D eigenvalue weighted by molar-refractivity contribution is 5.94. The molecule has 18 heavy (non-hydrogen) atoms. The Bertz CT molecular complexity index is 433. The fraction of sp³-hybridized carbons (Fsp3) is 0.462. The van der Waals surface area contributed by atoms with Crippen LogP contribution in [0.4, 0.5) is 0 Å². The number of hydrogen-bond donors (Lipinski definition) is 2. The molecule has 1 aromatic heterocycles. The van der Waals surface area contributed by atoms with Crippen molar-refractivity contribution in [1.82, 2.24) is 10.3 Å². The monoisotopic (exact) mass is 248 g/mol. The molecule has 0 radical (unpaired) electrons. The minimum absolute atomic E-state index is 0.249. The van der Waals surface area contributed by atoms with Gasteiger partial charge in [0.15, 0.2) is 0 Å². The van der Waals surface area contributed by atoms with Gasteiger partial charge in [0, 0.05) is 18.4 Å². The maximum atomic E-state index is 11.9. The first-order chi connectivity index (χ1) is 8.68. The Morgan fingerprint density at radius 2 is 2.11 bits per heavy atom. The summed E-state index contributed by atoms with van der Waals surface area (Å²) in [7, 11) is 0. The lowest BCUT2D eigenvalue weighted by atomic mass is 9.84. The van der Waals surface area contributed by atoms with Crippen molar-refractivity contribution in [2.45, 2.75) is 31.7 Å². The lowest BCUT2D eigenvalue weighted by Crippen LogP contribution is -2.45. The van der Waals surface area contributed by atoms with Crippen LogP contribution >= 0.6 is 0 Å². The standard InChI is InChI=1S/C13H16N2O3/c16-12(9-4-3-7-14-8-9)15-11-6-2-1-5-10(11)13(17)18/h3-4,7-8,10-11H,1-2,5-6H2,(H,15,16)(H,17,18). The molecule has 0 aromatic carbocycles. The first-order valence-corrected chi connectivity index (χ1v) is 6.12. The molecule has 1 fully saturated rings. The van der Waals surface area contributed by atoms with Crippen LogP contribution in [-0.2, 0) is 4.79 Å². The second-order valence-corrected chi connectivity index (χ2v) is 4.55. The zero-order valence-corrected chi connectivity index (χ0v) is 10.0. The normalized spacial score (nSPS) is 23.3. The Kier molecular flexibility index (Phi) is 3.92. The molecule has 1 saturated carbocycles. The number of nitrogens with zero attached hydrogens (tertiary/aromatic N) is 1. The molecular formula is C13H16N2O3. The average Bonchev–Trinajstić information content (AvgIpc) is 2.40. The summed E-state index contributed by atoms with van der Waals surface area (Å²) in [5, 5.41) is 11.9. The van der Waals surface area contributed by atoms with Crippen LogP contribution in [-0.4, -0.2) is 28.0 Å². The van der Waals surface area contributed by atoms with Gasteiger partial charge < -0.3 is 10.4 Å². The van der Waals surface area contributed by atoms with E-state index in [2.05, 4.69) is 10.3 Å². The highest BCUT2D eigenvalue weighted by atomic mass is 16.4. The van der Waals surface area contributed by atoms with E-state index in [1.165, 1.54) is 6.20 Å². The number of aromatic nitrogens is 1. The SMILES string of the molecule is O=C(NC1CCCCC1C(=O)O)c1cccnc1. The fourth-order valence-corrected chi connectivity index (χ4v) is 2.35. The molecule has 96 valence electrons. The van der Waals surface area contributed by atoms with Crippen LogP contribution in [0.25, 0.3) is 0 Å². The third-order valence-electron chi connectivity index (χ3n) is 3.32. The summed E-state index contributed by atoms with van der Waals surface area (Å²) in [5.41, 5.74) is 0.465. The number of carbonyl (C=O) groups is 2. The van der Waals surface area contributed by atoms with Crippen LogP contribution in [0.15, 0.2) is 24.5 Å². The number of nitrogens with one attached hydrogen (secondary N) is 1. The topological polar surface area (TPSA) is 79.3 Å². The van der Waals surface area contributed by atoms with Crippen molar-refractivity contribution in [3.05, 3.63) is 30.1 Å². The fourth-order valence-electron chi connectivity index (χ4n) is 2.35. The molecule has 5 heteroatoms. The zero-order chi connectivity index (χ0) is 13.0. The van der Waals surface area contributed by atoms with Crippen molar-refractivity contribution >= 4 is 11.9 Å². The predicted molar refractivity (Wildman–Crippen MR) is 65.1 cm³/mol. The van der Waals surface area contributed by atoms with E-state index >= 15 is 0 Å². The van der Waals surface area contributed by atoms with Crippen LogP contribution in [0.3, 0.4) is 0 Å². The number of hydrogen-bond acceptors (Lipinski definition) is 3. The molecule has 0 aliphatic heterocycles. The summed E-state index contributed by atoms with van der Waals surface area (Å²) in [6.45, 7) is 0. The lowest BCUT2D eigenvalue weighted by Gasteiger charge is -2.29. The van der Waals surface area contributed by atoms with Crippen molar-refractivity contribution in [3.8, 4) is 0 Å². The first kappa shape index (κ1) is 12.5. The van der Waals surface area contributed by atoms with E-state index in [0.29, 0.717) is 12.0 Å². The Morgan fingerprint density at radius 3 is 2.78 bits per heavy atom. The number of carbonyl (C=O) groups excluding carboxylic acids is 1. The van der Waals surface area contributed by atoms with Gasteiger partial charge in [-0.3, -0.25) is 14.6 Å². The summed E-state index contributed by atoms with van der Waals surface area (Å²) in [6.07, 6.45) is 6.31. The van der Waals surface area contributed by atoms with E-state index in [1.807, 2.05) is 0 Å². The molecule has 1 aromatic rings. The minimum atomic E-state index is -0.828. The zero-order valence-electron chi connectivity index (χ0n) is 10.0. The van der Waals surface area contributed by atoms with Crippen LogP contribution in [0.5, 0.6) is 0 Å². The van der Waals surface area contributed by atoms with Gasteiger partial charge in [-0.2, -0.15) is 0 Å². The van der Waals surface area contributed by atoms with Crippen LogP contribution in [0.1, 0.15) is 36.0 Å². The lowest BCUT2D eigenvalue weighted by molar-refractivity contribution is -0.143. The molecule has 2 atom stereocenters. The number of aliphatic carboxylic acids is 1. The molecule has 2 unspecified atom stereocenters. The molecule has 1 amide bonds. The van der Waals surface area contributed by atoms with E-state index < -0.39 is 11.9 Å². The van der Waals surface area contributed by atoms with Crippen LogP contribution in [0, 0.1) is 5.92 Å². The molecule has 1 aliphatic rings. The van der Waals surface area contributed by atoms with Crippen molar-refractivity contribution < 1.29 is 14.7 Å². The van der Waals surface area contributed by atoms with Gasteiger partial charge in [-0.1, -0.05) is 12.8 Å². The number of amides is 1. The molecule has 2 N–H and O–H groups in total. The van der Waals surface area contributed by atoms with Crippen molar-refractivity contribution in [3.63, 3.8) is 0 Å². The van der Waals surface area contributed by atoms with Crippen LogP contribution in [0.2, 0.25) is 0 Å². The Morgan fingerprint density at radius 1 is 1.33 bits per heavy atom. The number of carboxylic acids is 1. The smallest absolute Gasteiger partial charge is 0.308 e. The highest BCUT2D eigenvalue weighted by Gasteiger charge is 2.31. The maximum Gasteiger partial charge on any atom is 0.308 e. The van der Waals surface area contributed by atoms with Crippen molar-refractivity contribution in [1.29, 1.82) is 0 Å². The molecule has 0 saturated heterocycles. The highest BCUT2D eigenvalue weighted by Crippen LogP contribution is 2.24. The number of carboxylic acid groups (broad SMARTS) is 1. The third kappa shape index (κ3) is 2.85. The number of pyridine rings is 1. The molecule has 5 nitrogen and oxygen atoms in total. The maximum absolute atomic E-state index is 11.9.